The van der Waals surface area contributed by atoms with Gasteiger partial charge in [-0.1, -0.05) is 13.8 Å². The first-order valence-electron chi connectivity index (χ1n) is 7.17. The van der Waals surface area contributed by atoms with Crippen LogP contribution in [0.3, 0.4) is 0 Å². The number of methoxy groups -OCH3 is 1. The fourth-order valence-electron chi connectivity index (χ4n) is 2.82. The lowest BCUT2D eigenvalue weighted by atomic mass is 9.90. The number of nitrogens with zero attached hydrogens (tertiary/aromatic N) is 2. The Morgan fingerprint density at radius 2 is 2.21 bits per heavy atom. The van der Waals surface area contributed by atoms with Crippen LogP contribution in [0.15, 0.2) is 18.3 Å². The fraction of sp³-hybridized carbons (Fsp3) is 0.667. The molecule has 1 aliphatic rings. The number of ether oxygens (including phenoxy) is 1. The first-order chi connectivity index (χ1) is 9.21. The van der Waals surface area contributed by atoms with E-state index in [9.17, 15) is 0 Å². The van der Waals surface area contributed by atoms with E-state index in [1.165, 1.54) is 18.4 Å². The minimum absolute atomic E-state index is 0.287. The van der Waals surface area contributed by atoms with Gasteiger partial charge in [0.15, 0.2) is 0 Å². The number of pyridine rings is 1. The molecule has 0 aromatic carbocycles. The lowest BCUT2D eigenvalue weighted by Gasteiger charge is -2.43. The van der Waals surface area contributed by atoms with Gasteiger partial charge in [0, 0.05) is 44.0 Å². The summed E-state index contributed by atoms with van der Waals surface area (Å²) in [4.78, 5) is 6.68. The SMILES string of the molecule is CCC1(CC)CN(Cc2ccnc(OC)c2)CCN1. The fourth-order valence-corrected chi connectivity index (χ4v) is 2.82. The highest BCUT2D eigenvalue weighted by Gasteiger charge is 2.31. The van der Waals surface area contributed by atoms with E-state index < -0.39 is 0 Å². The summed E-state index contributed by atoms with van der Waals surface area (Å²) in [5.74, 6) is 0.699. The molecule has 106 valence electrons. The first kappa shape index (κ1) is 14.3. The van der Waals surface area contributed by atoms with Crippen molar-refractivity contribution < 1.29 is 4.74 Å². The summed E-state index contributed by atoms with van der Waals surface area (Å²) in [6.45, 7) is 8.81. The van der Waals surface area contributed by atoms with E-state index in [0.717, 1.165) is 26.2 Å². The summed E-state index contributed by atoms with van der Waals surface area (Å²) in [5.41, 5.74) is 1.56. The molecule has 0 atom stereocenters. The molecule has 2 heterocycles. The van der Waals surface area contributed by atoms with Crippen LogP contribution in [0, 0.1) is 0 Å². The van der Waals surface area contributed by atoms with E-state index >= 15 is 0 Å². The maximum absolute atomic E-state index is 5.19. The number of aromatic nitrogens is 1. The van der Waals surface area contributed by atoms with Crippen LogP contribution in [0.1, 0.15) is 32.3 Å². The Labute approximate surface area is 116 Å². The molecule has 2 rings (SSSR count). The van der Waals surface area contributed by atoms with Crippen LogP contribution >= 0.6 is 0 Å². The molecule has 0 spiro atoms. The van der Waals surface area contributed by atoms with Crippen LogP contribution in [0.4, 0.5) is 0 Å². The Hall–Kier alpha value is -1.13. The molecule has 19 heavy (non-hydrogen) atoms. The highest BCUT2D eigenvalue weighted by Crippen LogP contribution is 2.21. The first-order valence-corrected chi connectivity index (χ1v) is 7.17. The molecule has 1 N–H and O–H groups in total. The molecule has 1 fully saturated rings. The van der Waals surface area contributed by atoms with Gasteiger partial charge in [-0.15, -0.1) is 0 Å². The van der Waals surface area contributed by atoms with Crippen molar-refractivity contribution in [1.82, 2.24) is 15.2 Å². The Kier molecular flexibility index (Phi) is 4.77. The highest BCUT2D eigenvalue weighted by atomic mass is 16.5. The summed E-state index contributed by atoms with van der Waals surface area (Å²) in [6, 6.07) is 4.10. The number of hydrogen-bond donors (Lipinski definition) is 1. The minimum atomic E-state index is 0.287. The standard InChI is InChI=1S/C15H25N3O/c1-4-15(5-2)12-18(9-8-17-15)11-13-6-7-16-14(10-13)19-3/h6-7,10,17H,4-5,8-9,11-12H2,1-3H3. The van der Waals surface area contributed by atoms with E-state index in [-0.39, 0.29) is 5.54 Å². The van der Waals surface area contributed by atoms with Gasteiger partial charge in [0.2, 0.25) is 5.88 Å². The Bertz CT molecular complexity index is 404. The number of nitrogens with one attached hydrogen (secondary N) is 1. The van der Waals surface area contributed by atoms with Crippen LogP contribution in [0.5, 0.6) is 5.88 Å². The van der Waals surface area contributed by atoms with Crippen LogP contribution in [0.25, 0.3) is 0 Å². The number of rotatable bonds is 5. The zero-order chi connectivity index (χ0) is 13.7. The predicted molar refractivity (Wildman–Crippen MR) is 77.4 cm³/mol. The van der Waals surface area contributed by atoms with Gasteiger partial charge in [0.05, 0.1) is 7.11 Å². The van der Waals surface area contributed by atoms with Crippen molar-refractivity contribution in [3.05, 3.63) is 23.9 Å². The molecule has 0 aliphatic carbocycles. The Morgan fingerprint density at radius 3 is 2.89 bits per heavy atom. The van der Waals surface area contributed by atoms with Gasteiger partial charge in [-0.2, -0.15) is 0 Å². The van der Waals surface area contributed by atoms with Gasteiger partial charge in [-0.25, -0.2) is 4.98 Å². The summed E-state index contributed by atoms with van der Waals surface area (Å²) in [5, 5.41) is 3.69. The molecule has 1 aromatic heterocycles. The van der Waals surface area contributed by atoms with Crippen molar-refractivity contribution in [3.63, 3.8) is 0 Å². The third-order valence-corrected chi connectivity index (χ3v) is 4.22. The van der Waals surface area contributed by atoms with Gasteiger partial charge < -0.3 is 10.1 Å². The normalized spacial score (nSPS) is 19.3. The number of piperazine rings is 1. The predicted octanol–water partition coefficient (Wildman–Crippen LogP) is 2.05. The summed E-state index contributed by atoms with van der Waals surface area (Å²) >= 11 is 0. The van der Waals surface area contributed by atoms with E-state index in [0.29, 0.717) is 5.88 Å². The zero-order valence-electron chi connectivity index (χ0n) is 12.3. The second-order valence-corrected chi connectivity index (χ2v) is 5.33. The summed E-state index contributed by atoms with van der Waals surface area (Å²) in [7, 11) is 1.66. The van der Waals surface area contributed by atoms with Gasteiger partial charge in [-0.05, 0) is 24.5 Å². The lowest BCUT2D eigenvalue weighted by Crippen LogP contribution is -2.59. The Balaban J connectivity index is 2.02. The van der Waals surface area contributed by atoms with Crippen LogP contribution in [-0.4, -0.2) is 42.2 Å². The molecule has 0 radical (unpaired) electrons. The van der Waals surface area contributed by atoms with Crippen molar-refractivity contribution in [1.29, 1.82) is 0 Å². The molecule has 0 amide bonds. The van der Waals surface area contributed by atoms with E-state index in [1.54, 1.807) is 7.11 Å². The smallest absolute Gasteiger partial charge is 0.213 e. The van der Waals surface area contributed by atoms with Crippen LogP contribution in [-0.2, 0) is 6.54 Å². The van der Waals surface area contributed by atoms with Crippen LogP contribution < -0.4 is 10.1 Å². The van der Waals surface area contributed by atoms with Crippen molar-refractivity contribution in [2.24, 2.45) is 0 Å². The largest absolute Gasteiger partial charge is 0.481 e. The van der Waals surface area contributed by atoms with Gasteiger partial charge in [0.25, 0.3) is 0 Å². The van der Waals surface area contributed by atoms with E-state index in [1.807, 2.05) is 12.3 Å². The molecule has 1 saturated heterocycles. The molecular weight excluding hydrogens is 238 g/mol. The number of hydrogen-bond acceptors (Lipinski definition) is 4. The van der Waals surface area contributed by atoms with E-state index in [4.69, 9.17) is 4.74 Å². The highest BCUT2D eigenvalue weighted by molar-refractivity contribution is 5.20. The maximum atomic E-state index is 5.19. The summed E-state index contributed by atoms with van der Waals surface area (Å²) in [6.07, 6.45) is 4.18. The van der Waals surface area contributed by atoms with Crippen LogP contribution in [0.2, 0.25) is 0 Å². The van der Waals surface area contributed by atoms with Crippen molar-refractivity contribution in [3.8, 4) is 5.88 Å². The molecule has 0 bridgehead atoms. The molecule has 0 unspecified atom stereocenters. The Morgan fingerprint density at radius 1 is 1.42 bits per heavy atom. The van der Waals surface area contributed by atoms with Crippen molar-refractivity contribution in [2.45, 2.75) is 38.8 Å². The monoisotopic (exact) mass is 263 g/mol. The van der Waals surface area contributed by atoms with Crippen molar-refractivity contribution in [2.75, 3.05) is 26.7 Å². The second-order valence-electron chi connectivity index (χ2n) is 5.33. The second kappa shape index (κ2) is 6.35. The topological polar surface area (TPSA) is 37.4 Å². The molecule has 1 aliphatic heterocycles. The molecule has 4 nitrogen and oxygen atoms in total. The van der Waals surface area contributed by atoms with E-state index in [2.05, 4.69) is 35.1 Å². The average molecular weight is 263 g/mol. The molecule has 1 aromatic rings. The maximum Gasteiger partial charge on any atom is 0.213 e. The lowest BCUT2D eigenvalue weighted by molar-refractivity contribution is 0.118. The molecule has 0 saturated carbocycles. The quantitative estimate of drug-likeness (QED) is 0.882. The molecule has 4 heteroatoms. The van der Waals surface area contributed by atoms with Crippen molar-refractivity contribution >= 4 is 0 Å². The third-order valence-electron chi connectivity index (χ3n) is 4.22. The molecular formula is C15H25N3O. The van der Waals surface area contributed by atoms with Gasteiger partial charge in [0.1, 0.15) is 0 Å². The van der Waals surface area contributed by atoms with Gasteiger partial charge >= 0.3 is 0 Å². The van der Waals surface area contributed by atoms with Gasteiger partial charge in [-0.3, -0.25) is 4.90 Å². The zero-order valence-corrected chi connectivity index (χ0v) is 12.3. The minimum Gasteiger partial charge on any atom is -0.481 e. The average Bonchev–Trinajstić information content (AvgIpc) is 2.47. The summed E-state index contributed by atoms with van der Waals surface area (Å²) < 4.78 is 5.19. The third kappa shape index (κ3) is 3.45.